The molecule has 2 aromatic heterocycles. The van der Waals surface area contributed by atoms with Gasteiger partial charge in [0.15, 0.2) is 0 Å². The van der Waals surface area contributed by atoms with Gasteiger partial charge in [-0.3, -0.25) is 0 Å². The first-order valence-corrected chi connectivity index (χ1v) is 14.5. The molecular weight excluding hydrogens is 526 g/mol. The summed E-state index contributed by atoms with van der Waals surface area (Å²) in [4.78, 5) is 15.2. The SMILES string of the molecule is COc1ccc(-c2c(-c3ccc4ccccc4c3)c(-c3ccccc3)n(C(=O)OC(C)(C)C)c2-c2cccs2)cc1. The molecule has 0 saturated heterocycles. The van der Waals surface area contributed by atoms with Gasteiger partial charge in [0.05, 0.1) is 23.4 Å². The summed E-state index contributed by atoms with van der Waals surface area (Å²) in [5.74, 6) is 0.772. The number of nitrogens with zero attached hydrogens (tertiary/aromatic N) is 1. The van der Waals surface area contributed by atoms with Crippen LogP contribution >= 0.6 is 11.3 Å². The van der Waals surface area contributed by atoms with Crippen LogP contribution in [0.3, 0.4) is 0 Å². The molecule has 0 aliphatic heterocycles. The quantitative estimate of drug-likeness (QED) is 0.212. The highest BCUT2D eigenvalue weighted by Gasteiger charge is 2.32. The third-order valence-corrected chi connectivity index (χ3v) is 7.84. The second-order valence-electron chi connectivity index (χ2n) is 10.9. The van der Waals surface area contributed by atoms with Crippen LogP contribution in [0.2, 0.25) is 0 Å². The van der Waals surface area contributed by atoms with Crippen LogP contribution in [-0.2, 0) is 4.74 Å². The molecule has 0 atom stereocenters. The van der Waals surface area contributed by atoms with Crippen LogP contribution in [0.5, 0.6) is 5.75 Å². The number of ether oxygens (including phenoxy) is 2. The van der Waals surface area contributed by atoms with Gasteiger partial charge in [0.2, 0.25) is 0 Å². The Hall–Kier alpha value is -4.61. The highest BCUT2D eigenvalue weighted by Crippen LogP contribution is 2.50. The second-order valence-corrected chi connectivity index (χ2v) is 11.8. The number of thiophene rings is 1. The van der Waals surface area contributed by atoms with E-state index in [0.29, 0.717) is 0 Å². The minimum Gasteiger partial charge on any atom is -0.497 e. The van der Waals surface area contributed by atoms with Gasteiger partial charge in [-0.1, -0.05) is 84.9 Å². The van der Waals surface area contributed by atoms with Gasteiger partial charge in [-0.2, -0.15) is 0 Å². The van der Waals surface area contributed by atoms with Gasteiger partial charge in [-0.25, -0.2) is 9.36 Å². The van der Waals surface area contributed by atoms with Crippen molar-refractivity contribution in [2.45, 2.75) is 26.4 Å². The van der Waals surface area contributed by atoms with E-state index in [4.69, 9.17) is 9.47 Å². The first-order chi connectivity index (χ1) is 19.8. The van der Waals surface area contributed by atoms with Crippen LogP contribution < -0.4 is 4.74 Å². The lowest BCUT2D eigenvalue weighted by Crippen LogP contribution is -2.28. The van der Waals surface area contributed by atoms with Gasteiger partial charge in [0, 0.05) is 11.1 Å². The number of carbonyl (C=O) groups excluding carboxylic acids is 1. The van der Waals surface area contributed by atoms with E-state index in [9.17, 15) is 4.79 Å². The molecule has 0 aliphatic rings. The van der Waals surface area contributed by atoms with Crippen molar-refractivity contribution in [1.82, 2.24) is 4.57 Å². The van der Waals surface area contributed by atoms with Crippen molar-refractivity contribution in [2.75, 3.05) is 7.11 Å². The molecule has 4 nitrogen and oxygen atoms in total. The molecule has 0 bridgehead atoms. The fourth-order valence-electron chi connectivity index (χ4n) is 5.24. The fraction of sp³-hybridized carbons (Fsp3) is 0.139. The number of hydrogen-bond donors (Lipinski definition) is 0. The van der Waals surface area contributed by atoms with Gasteiger partial charge in [0.1, 0.15) is 11.4 Å². The van der Waals surface area contributed by atoms with Gasteiger partial charge < -0.3 is 9.47 Å². The van der Waals surface area contributed by atoms with E-state index < -0.39 is 11.7 Å². The molecule has 204 valence electrons. The van der Waals surface area contributed by atoms with Crippen molar-refractivity contribution in [3.05, 3.63) is 115 Å². The minimum absolute atomic E-state index is 0.415. The highest BCUT2D eigenvalue weighted by molar-refractivity contribution is 7.13. The number of hydrogen-bond acceptors (Lipinski definition) is 4. The van der Waals surface area contributed by atoms with E-state index in [1.165, 1.54) is 0 Å². The molecule has 41 heavy (non-hydrogen) atoms. The lowest BCUT2D eigenvalue weighted by Gasteiger charge is -2.22. The molecule has 0 spiro atoms. The van der Waals surface area contributed by atoms with Gasteiger partial charge in [-0.15, -0.1) is 11.3 Å². The molecule has 6 aromatic rings. The van der Waals surface area contributed by atoms with Gasteiger partial charge in [-0.05, 0) is 77.9 Å². The second kappa shape index (κ2) is 10.8. The Labute approximate surface area is 244 Å². The maximum absolute atomic E-state index is 14.2. The van der Waals surface area contributed by atoms with E-state index >= 15 is 0 Å². The molecular formula is C36H31NO3S. The number of fused-ring (bicyclic) bond motifs is 1. The maximum Gasteiger partial charge on any atom is 0.419 e. The van der Waals surface area contributed by atoms with Crippen LogP contribution in [0, 0.1) is 0 Å². The average Bonchev–Trinajstić information content (AvgIpc) is 3.63. The predicted octanol–water partition coefficient (Wildman–Crippen LogP) is 10.2. The Balaban J connectivity index is 1.79. The van der Waals surface area contributed by atoms with E-state index in [1.807, 2.05) is 68.6 Å². The van der Waals surface area contributed by atoms with Crippen LogP contribution in [0.1, 0.15) is 20.8 Å². The Morgan fingerprint density at radius 2 is 1.34 bits per heavy atom. The lowest BCUT2D eigenvalue weighted by atomic mass is 9.91. The third kappa shape index (κ3) is 5.17. The molecule has 0 N–H and O–H groups in total. The number of carbonyl (C=O) groups is 1. The van der Waals surface area contributed by atoms with E-state index in [0.717, 1.165) is 60.6 Å². The standard InChI is InChI=1S/C36H31NO3S/c1-36(2,3)40-35(38)37-33(26-12-6-5-7-13-26)32(28-17-16-24-11-8-9-14-27(24)23-28)31(34(37)30-15-10-22-41-30)25-18-20-29(39-4)21-19-25/h5-23H,1-4H3. The molecule has 0 amide bonds. The van der Waals surface area contributed by atoms with Crippen molar-refractivity contribution in [3.63, 3.8) is 0 Å². The van der Waals surface area contributed by atoms with Gasteiger partial charge >= 0.3 is 6.09 Å². The largest absolute Gasteiger partial charge is 0.497 e. The van der Waals surface area contributed by atoms with E-state index in [-0.39, 0.29) is 0 Å². The molecule has 0 radical (unpaired) electrons. The number of methoxy groups -OCH3 is 1. The van der Waals surface area contributed by atoms with Crippen LogP contribution in [0.4, 0.5) is 4.79 Å². The van der Waals surface area contributed by atoms with Crippen LogP contribution in [-0.4, -0.2) is 23.4 Å². The summed E-state index contributed by atoms with van der Waals surface area (Å²) in [6.07, 6.45) is -0.415. The average molecular weight is 558 g/mol. The zero-order valence-corrected chi connectivity index (χ0v) is 24.4. The van der Waals surface area contributed by atoms with Crippen molar-refractivity contribution in [2.24, 2.45) is 0 Å². The molecule has 2 heterocycles. The summed E-state index contributed by atoms with van der Waals surface area (Å²) in [7, 11) is 1.67. The summed E-state index contributed by atoms with van der Waals surface area (Å²) in [5.41, 5.74) is 5.80. The Kier molecular flexibility index (Phi) is 6.98. The lowest BCUT2D eigenvalue weighted by molar-refractivity contribution is 0.0543. The Bertz CT molecular complexity index is 1830. The van der Waals surface area contributed by atoms with Crippen molar-refractivity contribution < 1.29 is 14.3 Å². The smallest absolute Gasteiger partial charge is 0.419 e. The summed E-state index contributed by atoms with van der Waals surface area (Å²) >= 11 is 1.60. The fourth-order valence-corrected chi connectivity index (χ4v) is 6.01. The molecule has 0 saturated carbocycles. The van der Waals surface area contributed by atoms with Crippen molar-refractivity contribution in [1.29, 1.82) is 0 Å². The Morgan fingerprint density at radius 3 is 2.00 bits per heavy atom. The van der Waals surface area contributed by atoms with E-state index in [1.54, 1.807) is 23.0 Å². The summed E-state index contributed by atoms with van der Waals surface area (Å²) in [5, 5.41) is 4.33. The molecule has 0 aliphatic carbocycles. The zero-order valence-electron chi connectivity index (χ0n) is 23.5. The highest BCUT2D eigenvalue weighted by atomic mass is 32.1. The summed E-state index contributed by atoms with van der Waals surface area (Å²) < 4.78 is 13.3. The molecule has 0 fully saturated rings. The Morgan fingerprint density at radius 1 is 0.683 bits per heavy atom. The number of rotatable bonds is 5. The molecule has 4 aromatic carbocycles. The maximum atomic E-state index is 14.2. The zero-order chi connectivity index (χ0) is 28.6. The summed E-state index contributed by atoms with van der Waals surface area (Å²) in [6.45, 7) is 5.70. The number of aromatic nitrogens is 1. The molecule has 0 unspecified atom stereocenters. The monoisotopic (exact) mass is 557 g/mol. The normalized spacial score (nSPS) is 11.5. The van der Waals surface area contributed by atoms with Crippen LogP contribution in [0.15, 0.2) is 115 Å². The minimum atomic E-state index is -0.675. The van der Waals surface area contributed by atoms with Crippen molar-refractivity contribution in [3.8, 4) is 49.8 Å². The molecule has 6 rings (SSSR count). The van der Waals surface area contributed by atoms with Crippen molar-refractivity contribution >= 4 is 28.2 Å². The van der Waals surface area contributed by atoms with Crippen LogP contribution in [0.25, 0.3) is 54.9 Å². The number of benzene rings is 4. The van der Waals surface area contributed by atoms with E-state index in [2.05, 4.69) is 66.7 Å². The van der Waals surface area contributed by atoms with Gasteiger partial charge in [0.25, 0.3) is 0 Å². The first kappa shape index (κ1) is 26.6. The third-order valence-electron chi connectivity index (χ3n) is 6.97. The first-order valence-electron chi connectivity index (χ1n) is 13.6. The molecule has 5 heteroatoms. The summed E-state index contributed by atoms with van der Waals surface area (Å²) in [6, 6.07) is 37.1. The predicted molar refractivity (Wildman–Crippen MR) is 170 cm³/mol. The topological polar surface area (TPSA) is 40.5 Å².